The Balaban J connectivity index is 1.75. The summed E-state index contributed by atoms with van der Waals surface area (Å²) < 4.78 is 4.95. The Morgan fingerprint density at radius 3 is 2.55 bits per heavy atom. The second kappa shape index (κ2) is 8.44. The molecule has 152 valence electrons. The molecular formula is C20H21N3O5S. The van der Waals surface area contributed by atoms with E-state index in [1.807, 2.05) is 6.07 Å². The number of carbonyl (C=O) groups excluding carboxylic acids is 4. The van der Waals surface area contributed by atoms with Gasteiger partial charge in [0.25, 0.3) is 5.91 Å². The third-order valence-electron chi connectivity index (χ3n) is 4.69. The molecule has 1 atom stereocenters. The smallest absolute Gasteiger partial charge is 0.341 e. The van der Waals surface area contributed by atoms with Crippen molar-refractivity contribution < 1.29 is 23.9 Å². The molecule has 29 heavy (non-hydrogen) atoms. The highest BCUT2D eigenvalue weighted by molar-refractivity contribution is 7.14. The first-order chi connectivity index (χ1) is 13.9. The van der Waals surface area contributed by atoms with Crippen molar-refractivity contribution in [1.29, 1.82) is 0 Å². The number of hydrogen-bond donors (Lipinski definition) is 2. The molecular weight excluding hydrogens is 394 g/mol. The van der Waals surface area contributed by atoms with E-state index in [0.29, 0.717) is 17.0 Å². The van der Waals surface area contributed by atoms with Crippen molar-refractivity contribution in [2.75, 3.05) is 18.5 Å². The Morgan fingerprint density at radius 2 is 1.90 bits per heavy atom. The van der Waals surface area contributed by atoms with Crippen LogP contribution in [-0.4, -0.2) is 41.9 Å². The predicted molar refractivity (Wildman–Crippen MR) is 108 cm³/mol. The number of thiophene rings is 1. The second-order valence-corrected chi connectivity index (χ2v) is 7.29. The van der Waals surface area contributed by atoms with Gasteiger partial charge in [-0.25, -0.2) is 9.59 Å². The number of esters is 1. The molecule has 2 heterocycles. The van der Waals surface area contributed by atoms with Crippen LogP contribution in [0.1, 0.15) is 36.2 Å². The number of ether oxygens (including phenoxy) is 1. The summed E-state index contributed by atoms with van der Waals surface area (Å²) in [6.07, 6.45) is 0.345. The minimum Gasteiger partial charge on any atom is -0.462 e. The molecule has 1 aromatic carbocycles. The molecule has 2 aromatic rings. The number of rotatable bonds is 7. The van der Waals surface area contributed by atoms with Crippen molar-refractivity contribution >= 4 is 40.2 Å². The summed E-state index contributed by atoms with van der Waals surface area (Å²) in [6.45, 7) is 3.24. The van der Waals surface area contributed by atoms with Gasteiger partial charge in [-0.05, 0) is 30.4 Å². The van der Waals surface area contributed by atoms with Crippen molar-refractivity contribution in [3.05, 3.63) is 52.9 Å². The monoisotopic (exact) mass is 415 g/mol. The summed E-state index contributed by atoms with van der Waals surface area (Å²) in [5.41, 5.74) is -0.307. The van der Waals surface area contributed by atoms with Crippen LogP contribution in [0, 0.1) is 0 Å². The Morgan fingerprint density at radius 1 is 1.17 bits per heavy atom. The number of carbonyl (C=O) groups is 4. The number of urea groups is 1. The lowest BCUT2D eigenvalue weighted by Crippen LogP contribution is -2.44. The van der Waals surface area contributed by atoms with Crippen LogP contribution < -0.4 is 10.6 Å². The summed E-state index contributed by atoms with van der Waals surface area (Å²) in [7, 11) is 0. The topological polar surface area (TPSA) is 105 Å². The highest BCUT2D eigenvalue weighted by Crippen LogP contribution is 2.32. The van der Waals surface area contributed by atoms with Gasteiger partial charge in [-0.2, -0.15) is 0 Å². The van der Waals surface area contributed by atoms with E-state index < -0.39 is 35.9 Å². The van der Waals surface area contributed by atoms with Crippen LogP contribution in [0.3, 0.4) is 0 Å². The highest BCUT2D eigenvalue weighted by atomic mass is 32.1. The normalized spacial score (nSPS) is 18.5. The summed E-state index contributed by atoms with van der Waals surface area (Å²) in [5.74, 6) is -1.61. The zero-order chi connectivity index (χ0) is 21.0. The molecule has 1 fully saturated rings. The number of amides is 4. The molecule has 1 aromatic heterocycles. The summed E-state index contributed by atoms with van der Waals surface area (Å²) in [6, 6.07) is 9.84. The van der Waals surface area contributed by atoms with E-state index in [2.05, 4.69) is 10.6 Å². The van der Waals surface area contributed by atoms with E-state index >= 15 is 0 Å². The molecule has 4 amide bonds. The standard InChI is InChI=1S/C20H21N3O5S/c1-3-20(13-8-6-5-7-9-13)18(26)23(19(27)22-20)12-15(24)21-16-14(10-11-29-16)17(25)28-4-2/h5-11H,3-4,12H2,1-2H3,(H,21,24)(H,22,27). The molecule has 0 bridgehead atoms. The molecule has 0 saturated carbocycles. The minimum atomic E-state index is -1.20. The highest BCUT2D eigenvalue weighted by Gasteiger charge is 2.51. The molecule has 0 spiro atoms. The largest absolute Gasteiger partial charge is 0.462 e. The first-order valence-electron chi connectivity index (χ1n) is 9.17. The van der Waals surface area contributed by atoms with Crippen LogP contribution >= 0.6 is 11.3 Å². The lowest BCUT2D eigenvalue weighted by Gasteiger charge is -2.25. The van der Waals surface area contributed by atoms with Crippen molar-refractivity contribution in [3.8, 4) is 0 Å². The van der Waals surface area contributed by atoms with Gasteiger partial charge in [0.15, 0.2) is 0 Å². The first kappa shape index (κ1) is 20.5. The molecule has 1 aliphatic heterocycles. The summed E-state index contributed by atoms with van der Waals surface area (Å²) in [5, 5.41) is 7.27. The van der Waals surface area contributed by atoms with Gasteiger partial charge in [-0.3, -0.25) is 14.5 Å². The number of benzene rings is 1. The van der Waals surface area contributed by atoms with Gasteiger partial charge < -0.3 is 15.4 Å². The van der Waals surface area contributed by atoms with Gasteiger partial charge in [0.2, 0.25) is 5.91 Å². The van der Waals surface area contributed by atoms with Crippen LogP contribution in [-0.2, 0) is 19.9 Å². The lowest BCUT2D eigenvalue weighted by molar-refractivity contribution is -0.134. The van der Waals surface area contributed by atoms with E-state index in [9.17, 15) is 19.2 Å². The van der Waals surface area contributed by atoms with E-state index in [0.717, 1.165) is 16.2 Å². The van der Waals surface area contributed by atoms with Crippen molar-refractivity contribution in [1.82, 2.24) is 10.2 Å². The van der Waals surface area contributed by atoms with Crippen LogP contribution in [0.2, 0.25) is 0 Å². The average Bonchev–Trinajstić information content (AvgIpc) is 3.27. The maximum atomic E-state index is 13.1. The quantitative estimate of drug-likeness (QED) is 0.534. The molecule has 0 aliphatic carbocycles. The van der Waals surface area contributed by atoms with Gasteiger partial charge in [0.05, 0.1) is 12.2 Å². The number of imide groups is 1. The Labute approximate surface area is 171 Å². The van der Waals surface area contributed by atoms with Crippen molar-refractivity contribution in [3.63, 3.8) is 0 Å². The first-order valence-corrected chi connectivity index (χ1v) is 10.0. The Hall–Kier alpha value is -3.20. The molecule has 1 unspecified atom stereocenters. The van der Waals surface area contributed by atoms with Crippen molar-refractivity contribution in [2.24, 2.45) is 0 Å². The average molecular weight is 415 g/mol. The van der Waals surface area contributed by atoms with Crippen LogP contribution in [0.15, 0.2) is 41.8 Å². The summed E-state index contributed by atoms with van der Waals surface area (Å²) >= 11 is 1.16. The fraction of sp³-hybridized carbons (Fsp3) is 0.300. The zero-order valence-corrected chi connectivity index (χ0v) is 16.9. The third kappa shape index (κ3) is 3.86. The van der Waals surface area contributed by atoms with E-state index in [1.165, 1.54) is 0 Å². The van der Waals surface area contributed by atoms with Crippen LogP contribution in [0.5, 0.6) is 0 Å². The molecule has 1 aliphatic rings. The van der Waals surface area contributed by atoms with Gasteiger partial charge in [-0.1, -0.05) is 37.3 Å². The number of anilines is 1. The van der Waals surface area contributed by atoms with Gasteiger partial charge >= 0.3 is 12.0 Å². The van der Waals surface area contributed by atoms with Gasteiger partial charge in [0, 0.05) is 0 Å². The van der Waals surface area contributed by atoms with E-state index in [-0.39, 0.29) is 12.2 Å². The Kier molecular flexibility index (Phi) is 5.97. The van der Waals surface area contributed by atoms with Crippen LogP contribution in [0.4, 0.5) is 9.80 Å². The van der Waals surface area contributed by atoms with E-state index in [4.69, 9.17) is 4.74 Å². The van der Waals surface area contributed by atoms with E-state index in [1.54, 1.807) is 49.6 Å². The number of hydrogen-bond acceptors (Lipinski definition) is 6. The predicted octanol–water partition coefficient (Wildman–Crippen LogP) is 2.72. The molecule has 3 rings (SSSR count). The fourth-order valence-electron chi connectivity index (χ4n) is 3.22. The fourth-order valence-corrected chi connectivity index (χ4v) is 4.01. The maximum Gasteiger partial charge on any atom is 0.341 e. The second-order valence-electron chi connectivity index (χ2n) is 6.38. The van der Waals surface area contributed by atoms with Gasteiger partial charge in [0.1, 0.15) is 17.1 Å². The number of nitrogens with zero attached hydrogens (tertiary/aromatic N) is 1. The third-order valence-corrected chi connectivity index (χ3v) is 5.52. The van der Waals surface area contributed by atoms with Crippen LogP contribution in [0.25, 0.3) is 0 Å². The van der Waals surface area contributed by atoms with Crippen molar-refractivity contribution in [2.45, 2.75) is 25.8 Å². The molecule has 8 nitrogen and oxygen atoms in total. The molecule has 9 heteroatoms. The number of nitrogens with one attached hydrogen (secondary N) is 2. The maximum absolute atomic E-state index is 13.1. The molecule has 1 saturated heterocycles. The van der Waals surface area contributed by atoms with Gasteiger partial charge in [-0.15, -0.1) is 11.3 Å². The lowest BCUT2D eigenvalue weighted by atomic mass is 9.87. The molecule has 2 N–H and O–H groups in total. The Bertz CT molecular complexity index is 943. The SMILES string of the molecule is CCOC(=O)c1ccsc1NC(=O)CN1C(=O)NC(CC)(c2ccccc2)C1=O. The molecule has 0 radical (unpaired) electrons. The zero-order valence-electron chi connectivity index (χ0n) is 16.1. The minimum absolute atomic E-state index is 0.211. The summed E-state index contributed by atoms with van der Waals surface area (Å²) in [4.78, 5) is 50.9.